The molecule has 1 aromatic carbocycles. The minimum absolute atomic E-state index is 0.173. The highest BCUT2D eigenvalue weighted by atomic mass is 15.3. The zero-order chi connectivity index (χ0) is 17.0. The van der Waals surface area contributed by atoms with Gasteiger partial charge in [0.25, 0.3) is 0 Å². The average molecular weight is 331 g/mol. The van der Waals surface area contributed by atoms with Crippen LogP contribution in [0.4, 0.5) is 0 Å². The van der Waals surface area contributed by atoms with E-state index < -0.39 is 0 Å². The Morgan fingerprint density at radius 1 is 1.12 bits per heavy atom. The summed E-state index contributed by atoms with van der Waals surface area (Å²) in [5.41, 5.74) is 7.91. The lowest BCUT2D eigenvalue weighted by Crippen LogP contribution is -2.61. The summed E-state index contributed by atoms with van der Waals surface area (Å²) in [6.45, 7) is 13.5. The van der Waals surface area contributed by atoms with E-state index in [1.54, 1.807) is 0 Å². The topological polar surface area (TPSA) is 35.7 Å². The average Bonchev–Trinajstić information content (AvgIpc) is 2.94. The van der Waals surface area contributed by atoms with Crippen LogP contribution in [0.5, 0.6) is 0 Å². The molecule has 2 aliphatic heterocycles. The van der Waals surface area contributed by atoms with Gasteiger partial charge in [0.05, 0.1) is 0 Å². The minimum atomic E-state index is 0.173. The van der Waals surface area contributed by atoms with E-state index in [0.29, 0.717) is 6.04 Å². The number of rotatable bonds is 6. The van der Waals surface area contributed by atoms with Crippen molar-refractivity contribution in [1.29, 1.82) is 0 Å². The standard InChI is InChI=1S/C20H34N4/c1-3-9-22-10-12-24(13-11-22)20(16-21)14-18(2)23(17-20)15-19-7-5-4-6-8-19/h4-8,18H,3,9-17,21H2,1-2H3. The molecule has 2 fully saturated rings. The normalized spacial score (nSPS) is 30.0. The Labute approximate surface area is 147 Å². The van der Waals surface area contributed by atoms with Crippen molar-refractivity contribution in [3.8, 4) is 0 Å². The second-order valence-electron chi connectivity index (χ2n) is 7.70. The molecule has 0 aliphatic carbocycles. The van der Waals surface area contributed by atoms with Crippen LogP contribution in [0.2, 0.25) is 0 Å². The van der Waals surface area contributed by atoms with E-state index >= 15 is 0 Å². The number of benzene rings is 1. The van der Waals surface area contributed by atoms with Crippen LogP contribution in [0.1, 0.15) is 32.3 Å². The summed E-state index contributed by atoms with van der Waals surface area (Å²) in [7, 11) is 0. The summed E-state index contributed by atoms with van der Waals surface area (Å²) in [6.07, 6.45) is 2.45. The van der Waals surface area contributed by atoms with Crippen LogP contribution in [-0.2, 0) is 6.54 Å². The molecule has 2 atom stereocenters. The number of hydrogen-bond donors (Lipinski definition) is 1. The van der Waals surface area contributed by atoms with Crippen LogP contribution in [0.15, 0.2) is 30.3 Å². The lowest BCUT2D eigenvalue weighted by molar-refractivity contribution is 0.0402. The van der Waals surface area contributed by atoms with Crippen LogP contribution in [0, 0.1) is 0 Å². The molecule has 2 unspecified atom stereocenters. The van der Waals surface area contributed by atoms with Crippen LogP contribution in [0.25, 0.3) is 0 Å². The second-order valence-corrected chi connectivity index (χ2v) is 7.70. The van der Waals surface area contributed by atoms with Gasteiger partial charge in [-0.05, 0) is 31.9 Å². The molecular weight excluding hydrogens is 296 g/mol. The van der Waals surface area contributed by atoms with Crippen molar-refractivity contribution in [3.05, 3.63) is 35.9 Å². The molecule has 0 radical (unpaired) electrons. The maximum absolute atomic E-state index is 6.33. The SMILES string of the molecule is CCCN1CCN(C2(CN)CC(C)N(Cc3ccccc3)C2)CC1. The molecule has 4 heteroatoms. The summed E-state index contributed by atoms with van der Waals surface area (Å²) in [6, 6.07) is 11.4. The van der Waals surface area contributed by atoms with E-state index in [4.69, 9.17) is 5.73 Å². The van der Waals surface area contributed by atoms with Gasteiger partial charge in [-0.2, -0.15) is 0 Å². The fraction of sp³-hybridized carbons (Fsp3) is 0.700. The van der Waals surface area contributed by atoms with E-state index in [-0.39, 0.29) is 5.54 Å². The largest absolute Gasteiger partial charge is 0.329 e. The van der Waals surface area contributed by atoms with Gasteiger partial charge in [-0.3, -0.25) is 9.80 Å². The van der Waals surface area contributed by atoms with Crippen molar-refractivity contribution >= 4 is 0 Å². The summed E-state index contributed by atoms with van der Waals surface area (Å²) < 4.78 is 0. The van der Waals surface area contributed by atoms with Gasteiger partial charge in [0, 0.05) is 57.4 Å². The van der Waals surface area contributed by atoms with Gasteiger partial charge in [0.1, 0.15) is 0 Å². The molecule has 3 rings (SSSR count). The third-order valence-corrected chi connectivity index (χ3v) is 5.99. The number of piperazine rings is 1. The highest BCUT2D eigenvalue weighted by molar-refractivity contribution is 5.16. The Morgan fingerprint density at radius 3 is 2.46 bits per heavy atom. The van der Waals surface area contributed by atoms with Crippen LogP contribution < -0.4 is 5.73 Å². The summed E-state index contributed by atoms with van der Waals surface area (Å²) >= 11 is 0. The molecule has 2 heterocycles. The third kappa shape index (κ3) is 3.83. The third-order valence-electron chi connectivity index (χ3n) is 5.99. The van der Waals surface area contributed by atoms with Crippen LogP contribution in [0.3, 0.4) is 0 Å². The Morgan fingerprint density at radius 2 is 1.83 bits per heavy atom. The fourth-order valence-corrected chi connectivity index (χ4v) is 4.58. The van der Waals surface area contributed by atoms with Crippen LogP contribution in [-0.4, -0.2) is 72.1 Å². The molecule has 1 aromatic rings. The first-order valence-electron chi connectivity index (χ1n) is 9.62. The minimum Gasteiger partial charge on any atom is -0.329 e. The quantitative estimate of drug-likeness (QED) is 0.865. The molecule has 0 amide bonds. The Hall–Kier alpha value is -0.940. The molecular formula is C20H34N4. The number of nitrogens with two attached hydrogens (primary N) is 1. The monoisotopic (exact) mass is 330 g/mol. The van der Waals surface area contributed by atoms with Crippen molar-refractivity contribution in [2.24, 2.45) is 5.73 Å². The zero-order valence-electron chi connectivity index (χ0n) is 15.5. The van der Waals surface area contributed by atoms with Crippen molar-refractivity contribution < 1.29 is 0 Å². The molecule has 2 saturated heterocycles. The number of likely N-dealkylation sites (tertiary alicyclic amines) is 1. The van der Waals surface area contributed by atoms with Gasteiger partial charge in [0.15, 0.2) is 0 Å². The van der Waals surface area contributed by atoms with E-state index in [0.717, 1.165) is 19.6 Å². The molecule has 0 aromatic heterocycles. The molecule has 134 valence electrons. The summed E-state index contributed by atoms with van der Waals surface area (Å²) in [5.74, 6) is 0. The van der Waals surface area contributed by atoms with E-state index in [9.17, 15) is 0 Å². The number of hydrogen-bond acceptors (Lipinski definition) is 4. The van der Waals surface area contributed by atoms with Gasteiger partial charge in [-0.1, -0.05) is 37.3 Å². The van der Waals surface area contributed by atoms with Gasteiger partial charge in [-0.15, -0.1) is 0 Å². The van der Waals surface area contributed by atoms with Gasteiger partial charge >= 0.3 is 0 Å². The smallest absolute Gasteiger partial charge is 0.0474 e. The van der Waals surface area contributed by atoms with E-state index in [1.165, 1.54) is 51.1 Å². The summed E-state index contributed by atoms with van der Waals surface area (Å²) in [4.78, 5) is 7.92. The van der Waals surface area contributed by atoms with Gasteiger partial charge < -0.3 is 10.6 Å². The van der Waals surface area contributed by atoms with Crippen molar-refractivity contribution in [2.45, 2.75) is 44.8 Å². The van der Waals surface area contributed by atoms with Crippen molar-refractivity contribution in [2.75, 3.05) is 45.8 Å². The Kier molecular flexibility index (Phi) is 5.93. The molecule has 0 bridgehead atoms. The molecule has 0 spiro atoms. The van der Waals surface area contributed by atoms with E-state index in [2.05, 4.69) is 58.9 Å². The zero-order valence-corrected chi connectivity index (χ0v) is 15.5. The molecule has 4 nitrogen and oxygen atoms in total. The first-order valence-corrected chi connectivity index (χ1v) is 9.62. The Bertz CT molecular complexity index is 498. The van der Waals surface area contributed by atoms with Gasteiger partial charge in [-0.25, -0.2) is 0 Å². The maximum atomic E-state index is 6.33. The number of nitrogens with zero attached hydrogens (tertiary/aromatic N) is 3. The second kappa shape index (κ2) is 7.96. The maximum Gasteiger partial charge on any atom is 0.0474 e. The highest BCUT2D eigenvalue weighted by Gasteiger charge is 2.45. The van der Waals surface area contributed by atoms with E-state index in [1.807, 2.05) is 0 Å². The lowest BCUT2D eigenvalue weighted by atomic mass is 9.93. The lowest BCUT2D eigenvalue weighted by Gasteiger charge is -2.45. The first kappa shape index (κ1) is 17.9. The van der Waals surface area contributed by atoms with Gasteiger partial charge in [0.2, 0.25) is 0 Å². The van der Waals surface area contributed by atoms with Crippen molar-refractivity contribution in [3.63, 3.8) is 0 Å². The predicted molar refractivity (Wildman–Crippen MR) is 101 cm³/mol. The fourth-order valence-electron chi connectivity index (χ4n) is 4.58. The molecule has 2 N–H and O–H groups in total. The Balaban J connectivity index is 1.63. The first-order chi connectivity index (χ1) is 11.7. The molecule has 2 aliphatic rings. The summed E-state index contributed by atoms with van der Waals surface area (Å²) in [5, 5.41) is 0. The molecule has 0 saturated carbocycles. The molecule has 24 heavy (non-hydrogen) atoms. The predicted octanol–water partition coefficient (Wildman–Crippen LogP) is 2.01. The highest BCUT2D eigenvalue weighted by Crippen LogP contribution is 2.33. The van der Waals surface area contributed by atoms with Crippen LogP contribution >= 0.6 is 0 Å². The van der Waals surface area contributed by atoms with Crippen molar-refractivity contribution in [1.82, 2.24) is 14.7 Å².